The Morgan fingerprint density at radius 2 is 1.96 bits per heavy atom. The van der Waals surface area contributed by atoms with Crippen molar-refractivity contribution in [3.8, 4) is 5.88 Å². The number of amides is 1. The summed E-state index contributed by atoms with van der Waals surface area (Å²) < 4.78 is 20.8. The number of carbonyl (C=O) groups is 1. The summed E-state index contributed by atoms with van der Waals surface area (Å²) in [6.07, 6.45) is 0. The molecule has 2 aromatic carbocycles. The van der Waals surface area contributed by atoms with Crippen molar-refractivity contribution >= 4 is 5.91 Å². The van der Waals surface area contributed by atoms with E-state index in [1.807, 2.05) is 46.8 Å². The van der Waals surface area contributed by atoms with E-state index in [0.717, 1.165) is 16.8 Å². The van der Waals surface area contributed by atoms with Gasteiger partial charge in [-0.05, 0) is 36.8 Å². The van der Waals surface area contributed by atoms with Crippen LogP contribution in [0.3, 0.4) is 0 Å². The van der Waals surface area contributed by atoms with Crippen LogP contribution in [-0.2, 0) is 19.7 Å². The summed E-state index contributed by atoms with van der Waals surface area (Å²) in [6, 6.07) is 15.7. The minimum Gasteiger partial charge on any atom is -0.472 e. The van der Waals surface area contributed by atoms with Crippen LogP contribution in [0.5, 0.6) is 5.88 Å². The molecule has 0 radical (unpaired) electrons. The molecule has 0 saturated carbocycles. The second kappa shape index (κ2) is 7.23. The first-order chi connectivity index (χ1) is 13.1. The van der Waals surface area contributed by atoms with Crippen LogP contribution in [0.4, 0.5) is 4.39 Å². The summed E-state index contributed by atoms with van der Waals surface area (Å²) in [5, 5.41) is 4.43. The summed E-state index contributed by atoms with van der Waals surface area (Å²) in [7, 11) is 0. The van der Waals surface area contributed by atoms with Crippen molar-refractivity contribution in [2.24, 2.45) is 0 Å². The van der Waals surface area contributed by atoms with Crippen LogP contribution in [0.25, 0.3) is 0 Å². The summed E-state index contributed by atoms with van der Waals surface area (Å²) >= 11 is 0. The number of fused-ring (bicyclic) bond motifs is 1. The van der Waals surface area contributed by atoms with Gasteiger partial charge in [-0.25, -0.2) is 4.39 Å². The van der Waals surface area contributed by atoms with E-state index in [9.17, 15) is 9.18 Å². The van der Waals surface area contributed by atoms with Crippen LogP contribution >= 0.6 is 0 Å². The van der Waals surface area contributed by atoms with Gasteiger partial charge in [-0.15, -0.1) is 5.10 Å². The molecule has 1 aliphatic heterocycles. The number of ether oxygens (including phenoxy) is 1. The number of rotatable bonds is 4. The van der Waals surface area contributed by atoms with Crippen LogP contribution in [-0.4, -0.2) is 27.1 Å². The predicted octanol–water partition coefficient (Wildman–Crippen LogP) is 3.57. The Labute approximate surface area is 157 Å². The second-order valence-corrected chi connectivity index (χ2v) is 6.71. The Kier molecular flexibility index (Phi) is 4.62. The lowest BCUT2D eigenvalue weighted by molar-refractivity contribution is 0.0706. The molecule has 4 rings (SSSR count). The quantitative estimate of drug-likeness (QED) is 0.710. The number of benzene rings is 2. The first-order valence-electron chi connectivity index (χ1n) is 8.88. The molecule has 1 amide bonds. The molecule has 1 aliphatic rings. The highest BCUT2D eigenvalue weighted by Crippen LogP contribution is 2.21. The molecule has 0 bridgehead atoms. The average Bonchev–Trinajstić information content (AvgIpc) is 3.08. The van der Waals surface area contributed by atoms with E-state index >= 15 is 0 Å². The Morgan fingerprint density at radius 3 is 2.74 bits per heavy atom. The fourth-order valence-corrected chi connectivity index (χ4v) is 3.15. The molecule has 0 saturated heterocycles. The van der Waals surface area contributed by atoms with Gasteiger partial charge < -0.3 is 9.64 Å². The topological polar surface area (TPSA) is 47.4 Å². The molecule has 0 fully saturated rings. The van der Waals surface area contributed by atoms with E-state index in [4.69, 9.17) is 4.74 Å². The maximum atomic E-state index is 13.2. The zero-order valence-corrected chi connectivity index (χ0v) is 15.1. The van der Waals surface area contributed by atoms with Crippen LogP contribution in [0.15, 0.2) is 54.6 Å². The van der Waals surface area contributed by atoms with Gasteiger partial charge in [0.05, 0.1) is 18.8 Å². The third-order valence-corrected chi connectivity index (χ3v) is 4.64. The van der Waals surface area contributed by atoms with Gasteiger partial charge in [0.25, 0.3) is 5.91 Å². The lowest BCUT2D eigenvalue weighted by atomic mass is 10.1. The minimum atomic E-state index is -0.287. The second-order valence-electron chi connectivity index (χ2n) is 6.71. The molecule has 0 atom stereocenters. The van der Waals surface area contributed by atoms with Crippen LogP contribution in [0, 0.1) is 12.7 Å². The number of aryl methyl sites for hydroxylation is 1. The number of halogens is 1. The third-order valence-electron chi connectivity index (χ3n) is 4.64. The Balaban J connectivity index is 1.42. The molecule has 1 aromatic heterocycles. The summed E-state index contributed by atoms with van der Waals surface area (Å²) in [5.74, 6) is 0.217. The summed E-state index contributed by atoms with van der Waals surface area (Å²) in [5.41, 5.74) is 3.49. The first-order valence-corrected chi connectivity index (χ1v) is 8.88. The van der Waals surface area contributed by atoms with Crippen molar-refractivity contribution in [3.63, 3.8) is 0 Å². The number of carbonyl (C=O) groups excluding carboxylic acids is 1. The molecule has 0 N–H and O–H groups in total. The lowest BCUT2D eigenvalue weighted by Gasteiger charge is -2.27. The van der Waals surface area contributed by atoms with E-state index < -0.39 is 0 Å². The Hall–Kier alpha value is -3.15. The van der Waals surface area contributed by atoms with Gasteiger partial charge in [0, 0.05) is 18.2 Å². The van der Waals surface area contributed by atoms with Crippen molar-refractivity contribution in [1.29, 1.82) is 0 Å². The van der Waals surface area contributed by atoms with E-state index in [2.05, 4.69) is 5.10 Å². The lowest BCUT2D eigenvalue weighted by Crippen LogP contribution is -2.38. The SMILES string of the molecule is Cc1ccc(C(=O)N2CCn3nc(OCc4cccc(F)c4)cc3C2)cc1. The number of nitrogens with zero attached hydrogens (tertiary/aromatic N) is 3. The minimum absolute atomic E-state index is 0.0182. The highest BCUT2D eigenvalue weighted by Gasteiger charge is 2.23. The van der Waals surface area contributed by atoms with Crippen LogP contribution in [0.1, 0.15) is 27.2 Å². The summed E-state index contributed by atoms with van der Waals surface area (Å²) in [6.45, 7) is 3.96. The van der Waals surface area contributed by atoms with Crippen molar-refractivity contribution in [1.82, 2.24) is 14.7 Å². The van der Waals surface area contributed by atoms with E-state index in [1.165, 1.54) is 12.1 Å². The van der Waals surface area contributed by atoms with Crippen molar-refractivity contribution in [3.05, 3.63) is 82.8 Å². The van der Waals surface area contributed by atoms with Crippen LogP contribution in [0.2, 0.25) is 0 Å². The Bertz CT molecular complexity index is 966. The number of hydrogen-bond donors (Lipinski definition) is 0. The maximum absolute atomic E-state index is 13.2. The highest BCUT2D eigenvalue weighted by molar-refractivity contribution is 5.94. The van der Waals surface area contributed by atoms with Gasteiger partial charge >= 0.3 is 0 Å². The largest absolute Gasteiger partial charge is 0.472 e. The van der Waals surface area contributed by atoms with Crippen molar-refractivity contribution in [2.45, 2.75) is 26.6 Å². The number of aromatic nitrogens is 2. The van der Waals surface area contributed by atoms with E-state index in [1.54, 1.807) is 12.1 Å². The smallest absolute Gasteiger partial charge is 0.254 e. The van der Waals surface area contributed by atoms with Gasteiger partial charge in [0.2, 0.25) is 5.88 Å². The van der Waals surface area contributed by atoms with Gasteiger partial charge in [0.1, 0.15) is 12.4 Å². The molecule has 27 heavy (non-hydrogen) atoms. The molecule has 5 nitrogen and oxygen atoms in total. The maximum Gasteiger partial charge on any atom is 0.254 e. The monoisotopic (exact) mass is 365 g/mol. The zero-order chi connectivity index (χ0) is 18.8. The molecule has 0 unspecified atom stereocenters. The normalized spacial score (nSPS) is 13.3. The Morgan fingerprint density at radius 1 is 1.15 bits per heavy atom. The summed E-state index contributed by atoms with van der Waals surface area (Å²) in [4.78, 5) is 14.5. The first kappa shape index (κ1) is 17.3. The predicted molar refractivity (Wildman–Crippen MR) is 98.9 cm³/mol. The standard InChI is InChI=1S/C21H20FN3O2/c1-15-5-7-17(8-6-15)21(26)24-9-10-25-19(13-24)12-20(23-25)27-14-16-3-2-4-18(22)11-16/h2-8,11-12H,9-10,13-14H2,1H3. The van der Waals surface area contributed by atoms with E-state index in [0.29, 0.717) is 31.1 Å². The average molecular weight is 365 g/mol. The van der Waals surface area contributed by atoms with Gasteiger partial charge in [-0.1, -0.05) is 29.8 Å². The van der Waals surface area contributed by atoms with Gasteiger partial charge in [-0.3, -0.25) is 9.48 Å². The molecule has 2 heterocycles. The van der Waals surface area contributed by atoms with Crippen molar-refractivity contribution in [2.75, 3.05) is 6.54 Å². The fraction of sp³-hybridized carbons (Fsp3) is 0.238. The van der Waals surface area contributed by atoms with Crippen LogP contribution < -0.4 is 4.74 Å². The molecule has 3 aromatic rings. The van der Waals surface area contributed by atoms with Gasteiger partial charge in [0.15, 0.2) is 0 Å². The van der Waals surface area contributed by atoms with Crippen molar-refractivity contribution < 1.29 is 13.9 Å². The highest BCUT2D eigenvalue weighted by atomic mass is 19.1. The molecule has 138 valence electrons. The number of hydrogen-bond acceptors (Lipinski definition) is 3. The fourth-order valence-electron chi connectivity index (χ4n) is 3.15. The third kappa shape index (κ3) is 3.84. The van der Waals surface area contributed by atoms with E-state index in [-0.39, 0.29) is 18.3 Å². The molecule has 0 spiro atoms. The molecule has 0 aliphatic carbocycles. The molecular weight excluding hydrogens is 345 g/mol. The zero-order valence-electron chi connectivity index (χ0n) is 15.1. The molecular formula is C21H20FN3O2. The molecule has 6 heteroatoms. The van der Waals surface area contributed by atoms with Gasteiger partial charge in [-0.2, -0.15) is 0 Å².